The van der Waals surface area contributed by atoms with Gasteiger partial charge in [0.05, 0.1) is 13.7 Å². The van der Waals surface area contributed by atoms with Crippen molar-refractivity contribution >= 4 is 11.7 Å². The lowest BCUT2D eigenvalue weighted by molar-refractivity contribution is -0.0511. The largest absolute Gasteiger partial charge is 0.493 e. The number of aryl methyl sites for hydroxylation is 1. The summed E-state index contributed by atoms with van der Waals surface area (Å²) in [6, 6.07) is 11.4. The number of ether oxygens (including phenoxy) is 3. The van der Waals surface area contributed by atoms with Gasteiger partial charge in [0.1, 0.15) is 12.4 Å². The zero-order valence-electron chi connectivity index (χ0n) is 15.4. The summed E-state index contributed by atoms with van der Waals surface area (Å²) < 4.78 is 40.0. The standard InChI is InChI=1S/C19H22F2N2O4/c1-13-6-4-5-7-15(13)26-11-10-23(2)19(24)22-14-8-9-16(25-3)17(12-14)27-18(20)21/h4-9,12,18H,10-11H2,1-3H3,(H,22,24). The van der Waals surface area contributed by atoms with E-state index >= 15 is 0 Å². The summed E-state index contributed by atoms with van der Waals surface area (Å²) in [7, 11) is 2.95. The number of amides is 2. The van der Waals surface area contributed by atoms with Crippen molar-refractivity contribution in [3.8, 4) is 17.2 Å². The van der Waals surface area contributed by atoms with Gasteiger partial charge in [0.2, 0.25) is 0 Å². The summed E-state index contributed by atoms with van der Waals surface area (Å²) in [4.78, 5) is 13.7. The average Bonchev–Trinajstić information content (AvgIpc) is 2.63. The summed E-state index contributed by atoms with van der Waals surface area (Å²) in [5.41, 5.74) is 1.32. The Morgan fingerprint density at radius 2 is 1.89 bits per heavy atom. The van der Waals surface area contributed by atoms with Gasteiger partial charge in [-0.15, -0.1) is 0 Å². The van der Waals surface area contributed by atoms with Gasteiger partial charge in [0.15, 0.2) is 11.5 Å². The zero-order valence-corrected chi connectivity index (χ0v) is 15.4. The van der Waals surface area contributed by atoms with Crippen LogP contribution < -0.4 is 19.5 Å². The Balaban J connectivity index is 1.91. The highest BCUT2D eigenvalue weighted by molar-refractivity contribution is 5.89. The van der Waals surface area contributed by atoms with E-state index in [0.29, 0.717) is 18.8 Å². The molecule has 0 heterocycles. The third kappa shape index (κ3) is 6.02. The average molecular weight is 380 g/mol. The number of carbonyl (C=O) groups excluding carboxylic acids is 1. The SMILES string of the molecule is COc1ccc(NC(=O)N(C)CCOc2ccccc2C)cc1OC(F)F. The van der Waals surface area contributed by atoms with E-state index in [0.717, 1.165) is 11.3 Å². The van der Waals surface area contributed by atoms with Crippen LogP contribution in [0.1, 0.15) is 5.56 Å². The predicted molar refractivity (Wildman–Crippen MR) is 97.9 cm³/mol. The summed E-state index contributed by atoms with van der Waals surface area (Å²) in [6.07, 6.45) is 0. The first-order chi connectivity index (χ1) is 12.9. The molecule has 0 saturated carbocycles. The molecule has 27 heavy (non-hydrogen) atoms. The molecule has 2 aromatic rings. The molecule has 6 nitrogen and oxygen atoms in total. The van der Waals surface area contributed by atoms with E-state index in [4.69, 9.17) is 9.47 Å². The molecule has 0 unspecified atom stereocenters. The molecule has 146 valence electrons. The maximum Gasteiger partial charge on any atom is 0.387 e. The number of para-hydroxylation sites is 1. The van der Waals surface area contributed by atoms with Crippen molar-refractivity contribution in [3.05, 3.63) is 48.0 Å². The van der Waals surface area contributed by atoms with Gasteiger partial charge in [-0.25, -0.2) is 4.79 Å². The number of anilines is 1. The van der Waals surface area contributed by atoms with Gasteiger partial charge in [-0.05, 0) is 30.7 Å². The molecule has 8 heteroatoms. The van der Waals surface area contributed by atoms with Gasteiger partial charge >= 0.3 is 12.6 Å². The normalized spacial score (nSPS) is 10.4. The lowest BCUT2D eigenvalue weighted by Gasteiger charge is -2.19. The lowest BCUT2D eigenvalue weighted by Crippen LogP contribution is -2.34. The van der Waals surface area contributed by atoms with Crippen molar-refractivity contribution in [2.24, 2.45) is 0 Å². The van der Waals surface area contributed by atoms with Crippen LogP contribution in [0.4, 0.5) is 19.3 Å². The highest BCUT2D eigenvalue weighted by atomic mass is 19.3. The molecule has 2 amide bonds. The third-order valence-corrected chi connectivity index (χ3v) is 3.76. The molecular weight excluding hydrogens is 358 g/mol. The Hall–Kier alpha value is -3.03. The van der Waals surface area contributed by atoms with Gasteiger partial charge in [-0.1, -0.05) is 18.2 Å². The van der Waals surface area contributed by atoms with Crippen LogP contribution in [0.25, 0.3) is 0 Å². The van der Waals surface area contributed by atoms with Crippen LogP contribution in [-0.2, 0) is 0 Å². The second-order valence-corrected chi connectivity index (χ2v) is 5.71. The number of rotatable bonds is 8. The molecule has 2 aromatic carbocycles. The number of nitrogens with one attached hydrogen (secondary N) is 1. The maximum absolute atomic E-state index is 12.5. The van der Waals surface area contributed by atoms with E-state index in [1.54, 1.807) is 7.05 Å². The maximum atomic E-state index is 12.5. The Kier molecular flexibility index (Phi) is 7.22. The number of methoxy groups -OCH3 is 1. The number of urea groups is 1. The van der Waals surface area contributed by atoms with E-state index in [2.05, 4.69) is 10.1 Å². The molecule has 0 bridgehead atoms. The van der Waals surface area contributed by atoms with Crippen LogP contribution in [0.3, 0.4) is 0 Å². The van der Waals surface area contributed by atoms with Crippen molar-refractivity contribution in [1.29, 1.82) is 0 Å². The number of halogens is 2. The first-order valence-corrected chi connectivity index (χ1v) is 8.24. The predicted octanol–water partition coefficient (Wildman–Crippen LogP) is 4.15. The van der Waals surface area contributed by atoms with Crippen molar-refractivity contribution in [2.45, 2.75) is 13.5 Å². The number of hydrogen-bond donors (Lipinski definition) is 1. The molecule has 0 saturated heterocycles. The Morgan fingerprint density at radius 3 is 2.56 bits per heavy atom. The van der Waals surface area contributed by atoms with Crippen LogP contribution in [0.2, 0.25) is 0 Å². The van der Waals surface area contributed by atoms with E-state index in [1.165, 1.54) is 30.2 Å². The topological polar surface area (TPSA) is 60.0 Å². The van der Waals surface area contributed by atoms with Gasteiger partial charge < -0.3 is 24.4 Å². The van der Waals surface area contributed by atoms with E-state index < -0.39 is 12.6 Å². The lowest BCUT2D eigenvalue weighted by atomic mass is 10.2. The van der Waals surface area contributed by atoms with Crippen molar-refractivity contribution < 1.29 is 27.8 Å². The number of likely N-dealkylation sites (N-methyl/N-ethyl adjacent to an activating group) is 1. The summed E-state index contributed by atoms with van der Waals surface area (Å²) in [5, 5.41) is 2.62. The minimum Gasteiger partial charge on any atom is -0.493 e. The second kappa shape index (κ2) is 9.61. The fourth-order valence-corrected chi connectivity index (χ4v) is 2.27. The quantitative estimate of drug-likeness (QED) is 0.748. The number of hydrogen-bond acceptors (Lipinski definition) is 4. The smallest absolute Gasteiger partial charge is 0.387 e. The highest BCUT2D eigenvalue weighted by Crippen LogP contribution is 2.31. The first kappa shape index (κ1) is 20.3. The molecule has 0 spiro atoms. The first-order valence-electron chi connectivity index (χ1n) is 8.24. The summed E-state index contributed by atoms with van der Waals surface area (Å²) in [5.74, 6) is 0.749. The van der Waals surface area contributed by atoms with Crippen LogP contribution in [0.15, 0.2) is 42.5 Å². The van der Waals surface area contributed by atoms with E-state index in [9.17, 15) is 13.6 Å². The molecule has 1 N–H and O–H groups in total. The minimum absolute atomic E-state index is 0.147. The second-order valence-electron chi connectivity index (χ2n) is 5.71. The number of benzene rings is 2. The fraction of sp³-hybridized carbons (Fsp3) is 0.316. The molecular formula is C19H22F2N2O4. The highest BCUT2D eigenvalue weighted by Gasteiger charge is 2.14. The zero-order chi connectivity index (χ0) is 19.8. The van der Waals surface area contributed by atoms with Gasteiger partial charge in [-0.2, -0.15) is 8.78 Å². The molecule has 0 radical (unpaired) electrons. The molecule has 0 aromatic heterocycles. The van der Waals surface area contributed by atoms with Gasteiger partial charge in [0, 0.05) is 18.8 Å². The van der Waals surface area contributed by atoms with Crippen molar-refractivity contribution in [3.63, 3.8) is 0 Å². The van der Waals surface area contributed by atoms with Gasteiger partial charge in [-0.3, -0.25) is 0 Å². The Morgan fingerprint density at radius 1 is 1.15 bits per heavy atom. The van der Waals surface area contributed by atoms with Crippen molar-refractivity contribution in [1.82, 2.24) is 4.90 Å². The monoisotopic (exact) mass is 380 g/mol. The van der Waals surface area contributed by atoms with Gasteiger partial charge in [0.25, 0.3) is 0 Å². The number of carbonyl (C=O) groups is 1. The number of nitrogens with zero attached hydrogens (tertiary/aromatic N) is 1. The molecule has 0 atom stereocenters. The number of alkyl halides is 2. The summed E-state index contributed by atoms with van der Waals surface area (Å²) in [6.45, 7) is -0.395. The molecule has 0 aliphatic heterocycles. The van der Waals surface area contributed by atoms with E-state index in [1.807, 2.05) is 31.2 Å². The van der Waals surface area contributed by atoms with Crippen LogP contribution in [0.5, 0.6) is 17.2 Å². The van der Waals surface area contributed by atoms with Crippen LogP contribution in [0, 0.1) is 6.92 Å². The molecule has 0 aliphatic rings. The van der Waals surface area contributed by atoms with Crippen LogP contribution in [-0.4, -0.2) is 44.9 Å². The summed E-state index contributed by atoms with van der Waals surface area (Å²) >= 11 is 0. The Labute approximate surface area is 156 Å². The molecule has 0 aliphatic carbocycles. The van der Waals surface area contributed by atoms with Crippen LogP contribution >= 0.6 is 0 Å². The molecule has 0 fully saturated rings. The Bertz CT molecular complexity index is 771. The van der Waals surface area contributed by atoms with E-state index in [-0.39, 0.29) is 11.5 Å². The minimum atomic E-state index is -2.99. The molecule has 2 rings (SSSR count). The fourth-order valence-electron chi connectivity index (χ4n) is 2.27. The third-order valence-electron chi connectivity index (χ3n) is 3.76. The van der Waals surface area contributed by atoms with Crippen molar-refractivity contribution in [2.75, 3.05) is 32.6 Å².